The maximum Gasteiger partial charge on any atom is 0.0593 e. The smallest absolute Gasteiger partial charge is 0.0593 e. The average Bonchev–Trinajstić information content (AvgIpc) is 2.97. The lowest BCUT2D eigenvalue weighted by Gasteiger charge is -2.36. The van der Waals surface area contributed by atoms with E-state index in [0.717, 1.165) is 13.1 Å². The van der Waals surface area contributed by atoms with E-state index in [1.54, 1.807) is 4.88 Å². The number of aryl methyl sites for hydroxylation is 1. The van der Waals surface area contributed by atoms with Gasteiger partial charge in [-0.1, -0.05) is 0 Å². The van der Waals surface area contributed by atoms with Gasteiger partial charge in [0.2, 0.25) is 0 Å². The maximum absolute atomic E-state index is 6.27. The van der Waals surface area contributed by atoms with E-state index in [1.165, 1.54) is 21.7 Å². The molecule has 102 valence electrons. The lowest BCUT2D eigenvalue weighted by atomic mass is 10.0. The van der Waals surface area contributed by atoms with Crippen LogP contribution in [0.15, 0.2) is 23.6 Å². The molecule has 2 nitrogen and oxygen atoms in total. The van der Waals surface area contributed by atoms with Gasteiger partial charge in [-0.25, -0.2) is 0 Å². The van der Waals surface area contributed by atoms with E-state index in [1.807, 2.05) is 22.7 Å². The first-order chi connectivity index (χ1) is 9.15. The highest BCUT2D eigenvalue weighted by Gasteiger charge is 2.28. The fourth-order valence-corrected chi connectivity index (χ4v) is 4.91. The van der Waals surface area contributed by atoms with E-state index < -0.39 is 0 Å². The van der Waals surface area contributed by atoms with Gasteiger partial charge in [0.25, 0.3) is 0 Å². The predicted molar refractivity (Wildman–Crippen MR) is 83.9 cm³/mol. The van der Waals surface area contributed by atoms with Gasteiger partial charge in [0.15, 0.2) is 0 Å². The SMILES string of the molecule is Cc1ccc(C(C(C)N)N2CCc3sccc3C2)s1. The number of nitrogens with two attached hydrogens (primary N) is 1. The Morgan fingerprint density at radius 3 is 2.84 bits per heavy atom. The Morgan fingerprint density at radius 2 is 2.16 bits per heavy atom. The third-order valence-electron chi connectivity index (χ3n) is 3.78. The number of rotatable bonds is 3. The average molecular weight is 292 g/mol. The van der Waals surface area contributed by atoms with Crippen LogP contribution in [0.2, 0.25) is 0 Å². The zero-order valence-electron chi connectivity index (χ0n) is 11.4. The van der Waals surface area contributed by atoms with Crippen LogP contribution in [0.4, 0.5) is 0 Å². The van der Waals surface area contributed by atoms with Crippen molar-refractivity contribution in [2.24, 2.45) is 5.73 Å². The van der Waals surface area contributed by atoms with E-state index in [2.05, 4.69) is 42.3 Å². The zero-order valence-corrected chi connectivity index (χ0v) is 13.1. The van der Waals surface area contributed by atoms with Crippen LogP contribution in [0, 0.1) is 6.92 Å². The third kappa shape index (κ3) is 2.63. The van der Waals surface area contributed by atoms with E-state index in [9.17, 15) is 0 Å². The Balaban J connectivity index is 1.86. The van der Waals surface area contributed by atoms with Crippen molar-refractivity contribution in [3.63, 3.8) is 0 Å². The maximum atomic E-state index is 6.27. The highest BCUT2D eigenvalue weighted by molar-refractivity contribution is 7.12. The Hall–Kier alpha value is -0.680. The number of hydrogen-bond donors (Lipinski definition) is 1. The highest BCUT2D eigenvalue weighted by Crippen LogP contribution is 2.34. The molecule has 4 heteroatoms. The molecule has 19 heavy (non-hydrogen) atoms. The first kappa shape index (κ1) is 13.3. The molecule has 2 N–H and O–H groups in total. The van der Waals surface area contributed by atoms with Crippen LogP contribution in [0.1, 0.15) is 33.2 Å². The molecular formula is C15H20N2S2. The van der Waals surface area contributed by atoms with Crippen molar-refractivity contribution in [2.45, 2.75) is 38.9 Å². The summed E-state index contributed by atoms with van der Waals surface area (Å²) < 4.78 is 0. The Labute approximate surface area is 122 Å². The van der Waals surface area contributed by atoms with Gasteiger partial charge < -0.3 is 5.73 Å². The van der Waals surface area contributed by atoms with Crippen LogP contribution in [-0.2, 0) is 13.0 Å². The van der Waals surface area contributed by atoms with E-state index in [0.29, 0.717) is 6.04 Å². The molecule has 2 atom stereocenters. The molecular weight excluding hydrogens is 272 g/mol. The molecule has 0 saturated carbocycles. The van der Waals surface area contributed by atoms with Crippen molar-refractivity contribution in [3.8, 4) is 0 Å². The lowest BCUT2D eigenvalue weighted by molar-refractivity contribution is 0.163. The molecule has 2 aromatic heterocycles. The van der Waals surface area contributed by atoms with E-state index in [4.69, 9.17) is 5.73 Å². The molecule has 0 spiro atoms. The van der Waals surface area contributed by atoms with Crippen LogP contribution < -0.4 is 5.73 Å². The molecule has 3 heterocycles. The van der Waals surface area contributed by atoms with Crippen LogP contribution >= 0.6 is 22.7 Å². The highest BCUT2D eigenvalue weighted by atomic mass is 32.1. The minimum Gasteiger partial charge on any atom is -0.326 e. The standard InChI is InChI=1S/C15H20N2S2/c1-10-3-4-14(19-10)15(11(2)16)17-7-5-13-12(9-17)6-8-18-13/h3-4,6,8,11,15H,5,7,9,16H2,1-2H3. The van der Waals surface area contributed by atoms with Gasteiger partial charge in [0.05, 0.1) is 6.04 Å². The van der Waals surface area contributed by atoms with Crippen LogP contribution in [-0.4, -0.2) is 17.5 Å². The molecule has 0 saturated heterocycles. The largest absolute Gasteiger partial charge is 0.326 e. The van der Waals surface area contributed by atoms with Crippen LogP contribution in [0.25, 0.3) is 0 Å². The van der Waals surface area contributed by atoms with Crippen molar-refractivity contribution < 1.29 is 0 Å². The summed E-state index contributed by atoms with van der Waals surface area (Å²) in [6.07, 6.45) is 1.17. The number of fused-ring (bicyclic) bond motifs is 1. The number of thiophene rings is 2. The number of hydrogen-bond acceptors (Lipinski definition) is 4. The summed E-state index contributed by atoms with van der Waals surface area (Å²) in [7, 11) is 0. The van der Waals surface area contributed by atoms with Crippen molar-refractivity contribution >= 4 is 22.7 Å². The van der Waals surface area contributed by atoms with Crippen molar-refractivity contribution in [3.05, 3.63) is 43.8 Å². The van der Waals surface area contributed by atoms with E-state index >= 15 is 0 Å². The Bertz CT molecular complexity index is 556. The molecule has 0 amide bonds. The molecule has 2 aromatic rings. The van der Waals surface area contributed by atoms with Crippen LogP contribution in [0.3, 0.4) is 0 Å². The van der Waals surface area contributed by atoms with Gasteiger partial charge in [0, 0.05) is 33.8 Å². The molecule has 0 fully saturated rings. The normalized spacial score (nSPS) is 19.1. The summed E-state index contributed by atoms with van der Waals surface area (Å²) >= 11 is 3.77. The molecule has 0 aromatic carbocycles. The quantitative estimate of drug-likeness (QED) is 0.937. The Kier molecular flexibility index (Phi) is 3.76. The van der Waals surface area contributed by atoms with Gasteiger partial charge in [0.1, 0.15) is 0 Å². The topological polar surface area (TPSA) is 29.3 Å². The predicted octanol–water partition coefficient (Wildman–Crippen LogP) is 3.56. The fourth-order valence-electron chi connectivity index (χ4n) is 2.89. The lowest BCUT2D eigenvalue weighted by Crippen LogP contribution is -2.41. The molecule has 0 radical (unpaired) electrons. The molecule has 1 aliphatic rings. The summed E-state index contributed by atoms with van der Waals surface area (Å²) in [5.74, 6) is 0. The summed E-state index contributed by atoms with van der Waals surface area (Å²) in [5, 5.41) is 2.21. The molecule has 0 aliphatic carbocycles. The Morgan fingerprint density at radius 1 is 1.32 bits per heavy atom. The third-order valence-corrected chi connectivity index (χ3v) is 5.88. The van der Waals surface area contributed by atoms with Crippen LogP contribution in [0.5, 0.6) is 0 Å². The second-order valence-electron chi connectivity index (χ2n) is 5.34. The molecule has 3 rings (SSSR count). The van der Waals surface area contributed by atoms with Crippen molar-refractivity contribution in [1.29, 1.82) is 0 Å². The van der Waals surface area contributed by atoms with E-state index in [-0.39, 0.29) is 6.04 Å². The fraction of sp³-hybridized carbons (Fsp3) is 0.467. The molecule has 0 bridgehead atoms. The number of nitrogens with zero attached hydrogens (tertiary/aromatic N) is 1. The summed E-state index contributed by atoms with van der Waals surface area (Å²) in [4.78, 5) is 6.88. The molecule has 2 unspecified atom stereocenters. The monoisotopic (exact) mass is 292 g/mol. The van der Waals surface area contributed by atoms with Gasteiger partial charge in [-0.2, -0.15) is 0 Å². The second-order valence-corrected chi connectivity index (χ2v) is 7.66. The van der Waals surface area contributed by atoms with Crippen molar-refractivity contribution in [1.82, 2.24) is 4.90 Å². The summed E-state index contributed by atoms with van der Waals surface area (Å²) in [6.45, 7) is 6.46. The first-order valence-electron chi connectivity index (χ1n) is 6.76. The first-order valence-corrected chi connectivity index (χ1v) is 8.46. The minimum absolute atomic E-state index is 0.165. The zero-order chi connectivity index (χ0) is 13.4. The minimum atomic E-state index is 0.165. The van der Waals surface area contributed by atoms with Gasteiger partial charge in [-0.3, -0.25) is 4.90 Å². The van der Waals surface area contributed by atoms with Gasteiger partial charge in [-0.05, 0) is 49.4 Å². The summed E-state index contributed by atoms with van der Waals surface area (Å²) in [5.41, 5.74) is 7.77. The van der Waals surface area contributed by atoms with Crippen molar-refractivity contribution in [2.75, 3.05) is 6.54 Å². The summed E-state index contributed by atoms with van der Waals surface area (Å²) in [6, 6.07) is 7.24. The molecule has 1 aliphatic heterocycles. The van der Waals surface area contributed by atoms with Gasteiger partial charge >= 0.3 is 0 Å². The van der Waals surface area contributed by atoms with Gasteiger partial charge in [-0.15, -0.1) is 22.7 Å². The second kappa shape index (κ2) is 5.37.